The summed E-state index contributed by atoms with van der Waals surface area (Å²) in [4.78, 5) is 14.3. The van der Waals surface area contributed by atoms with Crippen LogP contribution in [-0.4, -0.2) is 17.6 Å². The molecule has 104 valence electrons. The molecule has 4 nitrogen and oxygen atoms in total. The number of benzene rings is 2. The fraction of sp³-hybridized carbons (Fsp3) is 0.125. The smallest absolute Gasteiger partial charge is 0.258 e. The van der Waals surface area contributed by atoms with Gasteiger partial charge in [-0.05, 0) is 30.2 Å². The number of hydrogen-bond donors (Lipinski definition) is 1. The van der Waals surface area contributed by atoms with Crippen LogP contribution in [0.3, 0.4) is 0 Å². The normalized spacial score (nSPS) is 12.9. The molecule has 2 aromatic carbocycles. The number of phenolic OH excluding ortho intramolecular Hbond substituents is 1. The minimum atomic E-state index is -0.294. The number of aromatic hydroxyl groups is 1. The van der Waals surface area contributed by atoms with Crippen LogP contribution in [-0.2, 0) is 6.42 Å². The number of halogens is 1. The Kier molecular flexibility index (Phi) is 3.28. The van der Waals surface area contributed by atoms with Gasteiger partial charge in [-0.15, -0.1) is 0 Å². The number of nitriles is 1. The van der Waals surface area contributed by atoms with Gasteiger partial charge in [0.05, 0.1) is 10.6 Å². The van der Waals surface area contributed by atoms with E-state index in [2.05, 4.69) is 0 Å². The van der Waals surface area contributed by atoms with Gasteiger partial charge in [0.2, 0.25) is 0 Å². The third kappa shape index (κ3) is 2.22. The number of carbonyl (C=O) groups is 1. The van der Waals surface area contributed by atoms with E-state index in [4.69, 9.17) is 16.9 Å². The van der Waals surface area contributed by atoms with Crippen LogP contribution in [0.25, 0.3) is 0 Å². The quantitative estimate of drug-likeness (QED) is 0.879. The Hall–Kier alpha value is -2.51. The second kappa shape index (κ2) is 5.12. The number of phenols is 1. The average molecular weight is 299 g/mol. The molecule has 0 aromatic heterocycles. The fourth-order valence-corrected chi connectivity index (χ4v) is 2.73. The molecular weight excluding hydrogens is 288 g/mol. The molecule has 0 radical (unpaired) electrons. The van der Waals surface area contributed by atoms with Gasteiger partial charge in [0, 0.05) is 17.8 Å². The van der Waals surface area contributed by atoms with E-state index in [1.54, 1.807) is 4.90 Å². The molecule has 1 heterocycles. The van der Waals surface area contributed by atoms with Gasteiger partial charge in [-0.2, -0.15) is 5.26 Å². The van der Waals surface area contributed by atoms with Gasteiger partial charge < -0.3 is 10.0 Å². The summed E-state index contributed by atoms with van der Waals surface area (Å²) < 4.78 is 0. The molecule has 1 aliphatic heterocycles. The van der Waals surface area contributed by atoms with E-state index in [1.807, 2.05) is 30.3 Å². The summed E-state index contributed by atoms with van der Waals surface area (Å²) in [5.41, 5.74) is 2.30. The highest BCUT2D eigenvalue weighted by atomic mass is 35.5. The van der Waals surface area contributed by atoms with Crippen molar-refractivity contribution in [1.29, 1.82) is 5.26 Å². The van der Waals surface area contributed by atoms with E-state index in [9.17, 15) is 9.90 Å². The monoisotopic (exact) mass is 298 g/mol. The summed E-state index contributed by atoms with van der Waals surface area (Å²) in [7, 11) is 0. The van der Waals surface area contributed by atoms with Crippen molar-refractivity contribution in [3.8, 4) is 11.8 Å². The van der Waals surface area contributed by atoms with Crippen molar-refractivity contribution in [2.24, 2.45) is 0 Å². The van der Waals surface area contributed by atoms with Crippen LogP contribution in [0.2, 0.25) is 5.02 Å². The Balaban J connectivity index is 2.01. The first-order valence-corrected chi connectivity index (χ1v) is 6.82. The topological polar surface area (TPSA) is 64.3 Å². The molecule has 0 fully saturated rings. The van der Waals surface area contributed by atoms with Crippen LogP contribution in [0.5, 0.6) is 5.75 Å². The Bertz CT molecular complexity index is 780. The Morgan fingerprint density at radius 2 is 2.10 bits per heavy atom. The molecular formula is C16H11ClN2O2. The van der Waals surface area contributed by atoms with Crippen LogP contribution >= 0.6 is 11.6 Å². The number of carbonyl (C=O) groups excluding carboxylic acids is 1. The van der Waals surface area contributed by atoms with Crippen molar-refractivity contribution < 1.29 is 9.90 Å². The fourth-order valence-electron chi connectivity index (χ4n) is 2.51. The first kappa shape index (κ1) is 13.5. The van der Waals surface area contributed by atoms with Gasteiger partial charge >= 0.3 is 0 Å². The van der Waals surface area contributed by atoms with Crippen molar-refractivity contribution in [2.45, 2.75) is 6.42 Å². The second-order valence-corrected chi connectivity index (χ2v) is 5.21. The molecule has 0 saturated heterocycles. The molecule has 0 atom stereocenters. The highest BCUT2D eigenvalue weighted by molar-refractivity contribution is 6.32. The van der Waals surface area contributed by atoms with Crippen LogP contribution in [0.1, 0.15) is 21.5 Å². The molecule has 0 spiro atoms. The number of amides is 1. The second-order valence-electron chi connectivity index (χ2n) is 4.80. The zero-order valence-electron chi connectivity index (χ0n) is 11.0. The van der Waals surface area contributed by atoms with Crippen molar-refractivity contribution in [3.05, 3.63) is 58.1 Å². The van der Waals surface area contributed by atoms with E-state index in [0.29, 0.717) is 12.1 Å². The number of rotatable bonds is 1. The highest BCUT2D eigenvalue weighted by Gasteiger charge is 2.26. The lowest BCUT2D eigenvalue weighted by atomic mass is 10.1. The minimum Gasteiger partial charge on any atom is -0.505 e. The number of anilines is 1. The predicted molar refractivity (Wildman–Crippen MR) is 79.7 cm³/mol. The van der Waals surface area contributed by atoms with E-state index in [1.165, 1.54) is 12.1 Å². The Labute approximate surface area is 126 Å². The molecule has 0 saturated carbocycles. The average Bonchev–Trinajstić information content (AvgIpc) is 2.93. The standard InChI is InChI=1S/C16H11ClN2O2/c17-13-8-11(7-12(9-18)15(13)20)16(21)19-6-5-10-3-1-2-4-14(10)19/h1-4,7-8,20H,5-6H2. The first-order valence-electron chi connectivity index (χ1n) is 6.44. The van der Waals surface area contributed by atoms with Gasteiger partial charge in [0.25, 0.3) is 5.91 Å². The van der Waals surface area contributed by atoms with Crippen LogP contribution in [0.4, 0.5) is 5.69 Å². The van der Waals surface area contributed by atoms with E-state index in [-0.39, 0.29) is 22.2 Å². The molecule has 3 rings (SSSR count). The lowest BCUT2D eigenvalue weighted by molar-refractivity contribution is 0.0989. The van der Waals surface area contributed by atoms with Gasteiger partial charge in [0.1, 0.15) is 6.07 Å². The minimum absolute atomic E-state index is 0.00154. The molecule has 2 aromatic rings. The molecule has 21 heavy (non-hydrogen) atoms. The molecule has 0 bridgehead atoms. The molecule has 0 aliphatic carbocycles. The maximum Gasteiger partial charge on any atom is 0.258 e. The van der Waals surface area contributed by atoms with Crippen LogP contribution < -0.4 is 4.90 Å². The third-order valence-corrected chi connectivity index (χ3v) is 3.85. The maximum atomic E-state index is 12.6. The van der Waals surface area contributed by atoms with Gasteiger partial charge in [-0.25, -0.2) is 0 Å². The zero-order chi connectivity index (χ0) is 15.0. The molecule has 1 amide bonds. The largest absolute Gasteiger partial charge is 0.505 e. The number of hydrogen-bond acceptors (Lipinski definition) is 3. The van der Waals surface area contributed by atoms with Gasteiger partial charge in [0.15, 0.2) is 5.75 Å². The lowest BCUT2D eigenvalue weighted by Gasteiger charge is -2.17. The highest BCUT2D eigenvalue weighted by Crippen LogP contribution is 2.32. The van der Waals surface area contributed by atoms with E-state index >= 15 is 0 Å². The van der Waals surface area contributed by atoms with Crippen LogP contribution in [0.15, 0.2) is 36.4 Å². The summed E-state index contributed by atoms with van der Waals surface area (Å²) in [5.74, 6) is -0.518. The summed E-state index contributed by atoms with van der Waals surface area (Å²) in [5, 5.41) is 18.6. The molecule has 0 unspecified atom stereocenters. The van der Waals surface area contributed by atoms with Gasteiger partial charge in [-0.1, -0.05) is 29.8 Å². The summed E-state index contributed by atoms with van der Waals surface area (Å²) in [6, 6.07) is 12.3. The van der Waals surface area contributed by atoms with Crippen molar-refractivity contribution in [2.75, 3.05) is 11.4 Å². The van der Waals surface area contributed by atoms with Crippen molar-refractivity contribution in [1.82, 2.24) is 0 Å². The number of nitrogens with zero attached hydrogens (tertiary/aromatic N) is 2. The number of para-hydroxylation sites is 1. The van der Waals surface area contributed by atoms with Crippen LogP contribution in [0, 0.1) is 11.3 Å². The summed E-state index contributed by atoms with van der Waals surface area (Å²) >= 11 is 5.88. The Morgan fingerprint density at radius 3 is 2.86 bits per heavy atom. The van der Waals surface area contributed by atoms with E-state index < -0.39 is 0 Å². The lowest BCUT2D eigenvalue weighted by Crippen LogP contribution is -2.28. The van der Waals surface area contributed by atoms with E-state index in [0.717, 1.165) is 17.7 Å². The maximum absolute atomic E-state index is 12.6. The predicted octanol–water partition coefficient (Wildman–Crippen LogP) is 3.12. The Morgan fingerprint density at radius 1 is 1.33 bits per heavy atom. The SMILES string of the molecule is N#Cc1cc(C(=O)N2CCc3ccccc32)cc(Cl)c1O. The zero-order valence-corrected chi connectivity index (χ0v) is 11.8. The molecule has 1 aliphatic rings. The van der Waals surface area contributed by atoms with Crippen molar-refractivity contribution >= 4 is 23.2 Å². The molecule has 1 N–H and O–H groups in total. The first-order chi connectivity index (χ1) is 10.1. The number of fused-ring (bicyclic) bond motifs is 1. The summed E-state index contributed by atoms with van der Waals surface area (Å²) in [6.07, 6.45) is 0.804. The third-order valence-electron chi connectivity index (χ3n) is 3.56. The van der Waals surface area contributed by atoms with Crippen molar-refractivity contribution in [3.63, 3.8) is 0 Å². The van der Waals surface area contributed by atoms with Gasteiger partial charge in [-0.3, -0.25) is 4.79 Å². The molecule has 5 heteroatoms. The summed E-state index contributed by atoms with van der Waals surface area (Å²) in [6.45, 7) is 0.596.